The first-order valence-corrected chi connectivity index (χ1v) is 6.35. The zero-order valence-corrected chi connectivity index (χ0v) is 11.7. The van der Waals surface area contributed by atoms with E-state index in [1.54, 1.807) is 20.0 Å². The van der Waals surface area contributed by atoms with Crippen LogP contribution in [0.1, 0.15) is 34.5 Å². The van der Waals surface area contributed by atoms with Crippen molar-refractivity contribution in [2.45, 2.75) is 19.9 Å². The van der Waals surface area contributed by atoms with Crippen LogP contribution in [0.25, 0.3) is 0 Å². The number of likely N-dealkylation sites (N-methyl/N-ethyl adjacent to an activating group) is 1. The van der Waals surface area contributed by atoms with Crippen LogP contribution in [0.3, 0.4) is 0 Å². The molecule has 2 rings (SSSR count). The van der Waals surface area contributed by atoms with Gasteiger partial charge in [-0.2, -0.15) is 5.26 Å². The van der Waals surface area contributed by atoms with Crippen molar-refractivity contribution in [2.24, 2.45) is 0 Å². The minimum absolute atomic E-state index is 0.0482. The van der Waals surface area contributed by atoms with Crippen LogP contribution in [0.4, 0.5) is 0 Å². The molecule has 0 fully saturated rings. The highest BCUT2D eigenvalue weighted by Gasteiger charge is 2.39. The molecule has 1 heterocycles. The third-order valence-electron chi connectivity index (χ3n) is 3.43. The lowest BCUT2D eigenvalue weighted by Crippen LogP contribution is -2.25. The van der Waals surface area contributed by atoms with Crippen molar-refractivity contribution in [1.82, 2.24) is 4.90 Å². The van der Waals surface area contributed by atoms with Crippen LogP contribution in [-0.4, -0.2) is 29.6 Å². The van der Waals surface area contributed by atoms with E-state index in [1.807, 2.05) is 25.1 Å². The number of hydrogen-bond donors (Lipinski definition) is 1. The summed E-state index contributed by atoms with van der Waals surface area (Å²) in [6.45, 7) is 3.82. The summed E-state index contributed by atoms with van der Waals surface area (Å²) in [4.78, 5) is 13.7. The van der Waals surface area contributed by atoms with Crippen LogP contribution in [0.2, 0.25) is 0 Å². The summed E-state index contributed by atoms with van der Waals surface area (Å²) in [7, 11) is 1.61. The zero-order valence-electron chi connectivity index (χ0n) is 11.7. The summed E-state index contributed by atoms with van der Waals surface area (Å²) in [6, 6.07) is 6.83. The van der Waals surface area contributed by atoms with Crippen LogP contribution in [0, 0.1) is 18.3 Å². The first kappa shape index (κ1) is 13.9. The number of carbonyl (C=O) groups excluding carboxylic acids is 1. The fraction of sp³-hybridized carbons (Fsp3) is 0.333. The third-order valence-corrected chi connectivity index (χ3v) is 3.43. The molecular formula is C15H16N2O3. The molecule has 0 saturated heterocycles. The maximum Gasteiger partial charge on any atom is 0.293 e. The first-order chi connectivity index (χ1) is 9.52. The van der Waals surface area contributed by atoms with E-state index < -0.39 is 12.0 Å². The fourth-order valence-electron chi connectivity index (χ4n) is 2.50. The Kier molecular flexibility index (Phi) is 3.66. The minimum Gasteiger partial charge on any atom is -0.480 e. The van der Waals surface area contributed by atoms with Crippen molar-refractivity contribution >= 4 is 5.91 Å². The number of ether oxygens (including phenoxy) is 1. The van der Waals surface area contributed by atoms with Crippen molar-refractivity contribution < 1.29 is 14.6 Å². The van der Waals surface area contributed by atoms with E-state index in [0.717, 1.165) is 11.1 Å². The summed E-state index contributed by atoms with van der Waals surface area (Å²) in [5, 5.41) is 19.2. The van der Waals surface area contributed by atoms with Gasteiger partial charge in [-0.15, -0.1) is 0 Å². The van der Waals surface area contributed by atoms with Crippen LogP contribution in [0.5, 0.6) is 0 Å². The monoisotopic (exact) mass is 272 g/mol. The largest absolute Gasteiger partial charge is 0.480 e. The normalized spacial score (nSPS) is 18.4. The average Bonchev–Trinajstić information content (AvgIpc) is 2.66. The summed E-state index contributed by atoms with van der Waals surface area (Å²) >= 11 is 0. The molecule has 0 aliphatic carbocycles. The second-order valence-corrected chi connectivity index (χ2v) is 4.62. The minimum atomic E-state index is -0.603. The predicted octanol–water partition coefficient (Wildman–Crippen LogP) is 2.45. The standard InChI is InChI=1S/C15H16N2O3/c1-4-20-15(19)11(8-16)13-10-7-5-6-9(2)12(10)14(18)17(13)3/h5-7,13,19H,4H2,1-3H3/b15-11-. The molecule has 1 aromatic carbocycles. The Bertz CT molecular complexity index is 628. The van der Waals surface area contributed by atoms with Gasteiger partial charge >= 0.3 is 0 Å². The Balaban J connectivity index is 2.60. The van der Waals surface area contributed by atoms with E-state index >= 15 is 0 Å². The molecule has 20 heavy (non-hydrogen) atoms. The van der Waals surface area contributed by atoms with Gasteiger partial charge in [-0.05, 0) is 25.0 Å². The van der Waals surface area contributed by atoms with Gasteiger partial charge in [-0.1, -0.05) is 18.2 Å². The number of aryl methyl sites for hydroxylation is 1. The fourth-order valence-corrected chi connectivity index (χ4v) is 2.50. The van der Waals surface area contributed by atoms with Gasteiger partial charge in [0.15, 0.2) is 0 Å². The number of benzene rings is 1. The number of nitriles is 1. The number of fused-ring (bicyclic) bond motifs is 1. The van der Waals surface area contributed by atoms with E-state index in [-0.39, 0.29) is 18.1 Å². The Morgan fingerprint density at radius 2 is 2.25 bits per heavy atom. The molecule has 1 aromatic rings. The van der Waals surface area contributed by atoms with Gasteiger partial charge in [0, 0.05) is 12.6 Å². The molecule has 5 heteroatoms. The van der Waals surface area contributed by atoms with E-state index in [9.17, 15) is 15.2 Å². The molecule has 0 radical (unpaired) electrons. The Hall–Kier alpha value is -2.48. The summed E-state index contributed by atoms with van der Waals surface area (Å²) < 4.78 is 5.01. The summed E-state index contributed by atoms with van der Waals surface area (Å²) in [6.07, 6.45) is 0. The van der Waals surface area contributed by atoms with E-state index in [2.05, 4.69) is 0 Å². The Morgan fingerprint density at radius 1 is 1.55 bits per heavy atom. The lowest BCUT2D eigenvalue weighted by Gasteiger charge is -2.20. The van der Waals surface area contributed by atoms with Gasteiger partial charge in [0.1, 0.15) is 17.7 Å². The Labute approximate surface area is 117 Å². The molecule has 1 N–H and O–H groups in total. The van der Waals surface area contributed by atoms with E-state index in [0.29, 0.717) is 5.56 Å². The zero-order chi connectivity index (χ0) is 14.9. The van der Waals surface area contributed by atoms with Crippen molar-refractivity contribution in [1.29, 1.82) is 5.26 Å². The molecule has 0 bridgehead atoms. The van der Waals surface area contributed by atoms with Crippen LogP contribution in [-0.2, 0) is 4.74 Å². The van der Waals surface area contributed by atoms with Gasteiger partial charge in [-0.3, -0.25) is 4.79 Å². The molecule has 1 aliphatic rings. The molecule has 1 amide bonds. The number of aliphatic hydroxyl groups is 1. The van der Waals surface area contributed by atoms with Gasteiger partial charge in [-0.25, -0.2) is 0 Å². The number of amides is 1. The van der Waals surface area contributed by atoms with Crippen LogP contribution in [0.15, 0.2) is 29.7 Å². The smallest absolute Gasteiger partial charge is 0.293 e. The lowest BCUT2D eigenvalue weighted by atomic mass is 9.96. The Morgan fingerprint density at radius 3 is 2.85 bits per heavy atom. The highest BCUT2D eigenvalue weighted by Crippen LogP contribution is 2.39. The molecule has 0 spiro atoms. The van der Waals surface area contributed by atoms with Crippen molar-refractivity contribution in [3.63, 3.8) is 0 Å². The van der Waals surface area contributed by atoms with Crippen molar-refractivity contribution in [3.05, 3.63) is 46.4 Å². The molecule has 1 unspecified atom stereocenters. The average molecular weight is 272 g/mol. The van der Waals surface area contributed by atoms with Crippen LogP contribution < -0.4 is 0 Å². The van der Waals surface area contributed by atoms with E-state index in [4.69, 9.17) is 4.74 Å². The van der Waals surface area contributed by atoms with Gasteiger partial charge < -0.3 is 14.7 Å². The highest BCUT2D eigenvalue weighted by molar-refractivity contribution is 6.01. The highest BCUT2D eigenvalue weighted by atomic mass is 16.6. The maximum atomic E-state index is 12.3. The molecule has 104 valence electrons. The quantitative estimate of drug-likeness (QED) is 0.677. The van der Waals surface area contributed by atoms with Gasteiger partial charge in [0.25, 0.3) is 11.9 Å². The second kappa shape index (κ2) is 5.25. The lowest BCUT2D eigenvalue weighted by molar-refractivity contribution is 0.0760. The molecule has 1 aliphatic heterocycles. The SMILES string of the molecule is CCO/C(O)=C(/C#N)C1c2cccc(C)c2C(=O)N1C. The van der Waals surface area contributed by atoms with Crippen LogP contribution >= 0.6 is 0 Å². The molecular weight excluding hydrogens is 256 g/mol. The number of hydrogen-bond acceptors (Lipinski definition) is 4. The van der Waals surface area contributed by atoms with Gasteiger partial charge in [0.2, 0.25) is 0 Å². The van der Waals surface area contributed by atoms with Crippen molar-refractivity contribution in [3.8, 4) is 6.07 Å². The number of rotatable bonds is 3. The maximum absolute atomic E-state index is 12.3. The first-order valence-electron chi connectivity index (χ1n) is 6.35. The number of carbonyl (C=O) groups is 1. The second-order valence-electron chi connectivity index (χ2n) is 4.62. The van der Waals surface area contributed by atoms with Crippen molar-refractivity contribution in [2.75, 3.05) is 13.7 Å². The topological polar surface area (TPSA) is 73.6 Å². The van der Waals surface area contributed by atoms with E-state index in [1.165, 1.54) is 4.90 Å². The third kappa shape index (κ3) is 1.99. The predicted molar refractivity (Wildman–Crippen MR) is 72.9 cm³/mol. The molecule has 5 nitrogen and oxygen atoms in total. The molecule has 0 saturated carbocycles. The number of nitrogens with zero attached hydrogens (tertiary/aromatic N) is 2. The summed E-state index contributed by atoms with van der Waals surface area (Å²) in [5.41, 5.74) is 2.22. The van der Waals surface area contributed by atoms with Gasteiger partial charge in [0.05, 0.1) is 6.61 Å². The number of aliphatic hydroxyl groups excluding tert-OH is 1. The molecule has 1 atom stereocenters. The molecule has 0 aromatic heterocycles. The summed E-state index contributed by atoms with van der Waals surface area (Å²) in [5.74, 6) is -0.575.